The minimum Gasteiger partial charge on any atom is -0.481 e. The summed E-state index contributed by atoms with van der Waals surface area (Å²) in [5, 5.41) is 14.9. The first kappa shape index (κ1) is 17.1. The molecule has 0 radical (unpaired) electrons. The van der Waals surface area contributed by atoms with Gasteiger partial charge in [0.15, 0.2) is 0 Å². The highest BCUT2D eigenvalue weighted by Crippen LogP contribution is 2.29. The molecule has 1 saturated heterocycles. The fourth-order valence-electron chi connectivity index (χ4n) is 2.12. The zero-order valence-corrected chi connectivity index (χ0v) is 12.9. The van der Waals surface area contributed by atoms with Crippen LogP contribution >= 0.6 is 11.8 Å². The number of hydrogen-bond acceptors (Lipinski definition) is 4. The Kier molecular flexibility index (Phi) is 7.15. The Hall–Kier alpha value is -0.950. The van der Waals surface area contributed by atoms with Crippen molar-refractivity contribution in [2.45, 2.75) is 32.2 Å². The Morgan fingerprint density at radius 1 is 1.40 bits per heavy atom. The van der Waals surface area contributed by atoms with Crippen LogP contribution in [0.4, 0.5) is 4.79 Å². The van der Waals surface area contributed by atoms with Crippen molar-refractivity contribution in [3.8, 4) is 0 Å². The van der Waals surface area contributed by atoms with E-state index < -0.39 is 11.4 Å². The molecule has 1 unspecified atom stereocenters. The zero-order valence-electron chi connectivity index (χ0n) is 12.1. The van der Waals surface area contributed by atoms with Gasteiger partial charge in [-0.05, 0) is 38.2 Å². The number of nitrogens with one attached hydrogen (secondary N) is 2. The summed E-state index contributed by atoms with van der Waals surface area (Å²) in [6.45, 7) is 2.95. The third kappa shape index (κ3) is 5.20. The van der Waals surface area contributed by atoms with Gasteiger partial charge in [-0.25, -0.2) is 4.79 Å². The average Bonchev–Trinajstić information content (AvgIpc) is 2.43. The molecule has 7 heteroatoms. The lowest BCUT2D eigenvalue weighted by atomic mass is 9.80. The van der Waals surface area contributed by atoms with E-state index in [9.17, 15) is 14.7 Å². The summed E-state index contributed by atoms with van der Waals surface area (Å²) in [7, 11) is 0. The van der Waals surface area contributed by atoms with Gasteiger partial charge in [0.1, 0.15) is 0 Å². The van der Waals surface area contributed by atoms with E-state index in [0.717, 1.165) is 12.2 Å². The topological polar surface area (TPSA) is 87.7 Å². The fraction of sp³-hybridized carbons (Fsp3) is 0.846. The molecule has 3 N–H and O–H groups in total. The second-order valence-electron chi connectivity index (χ2n) is 5.21. The molecule has 0 aliphatic carbocycles. The molecule has 116 valence electrons. The van der Waals surface area contributed by atoms with Crippen LogP contribution in [0.1, 0.15) is 26.2 Å². The predicted molar refractivity (Wildman–Crippen MR) is 79.1 cm³/mol. The van der Waals surface area contributed by atoms with Crippen molar-refractivity contribution in [1.82, 2.24) is 10.6 Å². The predicted octanol–water partition coefficient (Wildman–Crippen LogP) is 1.31. The molecule has 0 aromatic rings. The van der Waals surface area contributed by atoms with Gasteiger partial charge in [-0.1, -0.05) is 0 Å². The van der Waals surface area contributed by atoms with Crippen molar-refractivity contribution >= 4 is 23.8 Å². The fourth-order valence-corrected chi connectivity index (χ4v) is 2.71. The zero-order chi connectivity index (χ0) is 15.0. The molecule has 1 aliphatic rings. The number of ether oxygens (including phenoxy) is 1. The molecule has 1 atom stereocenters. The lowest BCUT2D eigenvalue weighted by Gasteiger charge is -2.33. The summed E-state index contributed by atoms with van der Waals surface area (Å²) >= 11 is 1.73. The molecule has 1 heterocycles. The molecule has 0 spiro atoms. The molecule has 20 heavy (non-hydrogen) atoms. The summed E-state index contributed by atoms with van der Waals surface area (Å²) in [5.74, 6) is 0.120. The standard InChI is InChI=1S/C13H24N2O4S/c1-10(3-8-20-2)15-12(18)14-9-13(11(16)17)4-6-19-7-5-13/h10H,3-9H2,1-2H3,(H,16,17)(H2,14,15,18). The monoisotopic (exact) mass is 304 g/mol. The number of carboxylic acids is 1. The van der Waals surface area contributed by atoms with Gasteiger partial charge in [0.05, 0.1) is 5.41 Å². The van der Waals surface area contributed by atoms with Crippen LogP contribution in [0.5, 0.6) is 0 Å². The Labute approximate surface area is 124 Å². The first-order valence-electron chi connectivity index (χ1n) is 6.84. The van der Waals surface area contributed by atoms with E-state index in [1.54, 1.807) is 11.8 Å². The van der Waals surface area contributed by atoms with Crippen LogP contribution in [-0.4, -0.2) is 54.9 Å². The van der Waals surface area contributed by atoms with E-state index >= 15 is 0 Å². The number of carbonyl (C=O) groups excluding carboxylic acids is 1. The third-order valence-electron chi connectivity index (χ3n) is 3.62. The molecule has 1 aliphatic heterocycles. The molecular weight excluding hydrogens is 280 g/mol. The van der Waals surface area contributed by atoms with Gasteiger partial charge in [0.25, 0.3) is 0 Å². The second-order valence-corrected chi connectivity index (χ2v) is 6.19. The van der Waals surface area contributed by atoms with Gasteiger partial charge in [0.2, 0.25) is 0 Å². The van der Waals surface area contributed by atoms with Crippen LogP contribution in [0.15, 0.2) is 0 Å². The van der Waals surface area contributed by atoms with Crippen molar-refractivity contribution in [2.75, 3.05) is 31.8 Å². The molecule has 1 fully saturated rings. The summed E-state index contributed by atoms with van der Waals surface area (Å²) in [4.78, 5) is 23.2. The van der Waals surface area contributed by atoms with Crippen LogP contribution in [0, 0.1) is 5.41 Å². The van der Waals surface area contributed by atoms with Crippen LogP contribution in [0.3, 0.4) is 0 Å². The lowest BCUT2D eigenvalue weighted by Crippen LogP contribution is -2.50. The molecule has 1 rings (SSSR count). The van der Waals surface area contributed by atoms with Gasteiger partial charge in [0, 0.05) is 25.8 Å². The van der Waals surface area contributed by atoms with Crippen molar-refractivity contribution in [1.29, 1.82) is 0 Å². The van der Waals surface area contributed by atoms with Crippen molar-refractivity contribution in [2.24, 2.45) is 5.41 Å². The minimum absolute atomic E-state index is 0.0814. The smallest absolute Gasteiger partial charge is 0.315 e. The second kappa shape index (κ2) is 8.36. The Bertz CT molecular complexity index is 332. The summed E-state index contributed by atoms with van der Waals surface area (Å²) in [5.41, 5.74) is -0.891. The molecule has 2 amide bonds. The SMILES string of the molecule is CSCCC(C)NC(=O)NCC1(C(=O)O)CCOCC1. The normalized spacial score (nSPS) is 19.1. The number of aliphatic carboxylic acids is 1. The highest BCUT2D eigenvalue weighted by atomic mass is 32.2. The summed E-state index contributed by atoms with van der Waals surface area (Å²) < 4.78 is 5.20. The molecule has 6 nitrogen and oxygen atoms in total. The van der Waals surface area contributed by atoms with Crippen LogP contribution < -0.4 is 10.6 Å². The number of urea groups is 1. The largest absolute Gasteiger partial charge is 0.481 e. The summed E-state index contributed by atoms with van der Waals surface area (Å²) in [6.07, 6.45) is 3.79. The van der Waals surface area contributed by atoms with Crippen molar-refractivity contribution < 1.29 is 19.4 Å². The average molecular weight is 304 g/mol. The van der Waals surface area contributed by atoms with Gasteiger partial charge in [-0.15, -0.1) is 0 Å². The molecule has 0 bridgehead atoms. The van der Waals surface area contributed by atoms with Crippen LogP contribution in [0.25, 0.3) is 0 Å². The van der Waals surface area contributed by atoms with Crippen molar-refractivity contribution in [3.63, 3.8) is 0 Å². The highest BCUT2D eigenvalue weighted by molar-refractivity contribution is 7.98. The molecule has 0 saturated carbocycles. The quantitative estimate of drug-likeness (QED) is 0.660. The summed E-state index contributed by atoms with van der Waals surface area (Å²) in [6, 6.07) is -0.219. The van der Waals surface area contributed by atoms with Gasteiger partial charge in [-0.3, -0.25) is 4.79 Å². The van der Waals surface area contributed by atoms with E-state index in [4.69, 9.17) is 4.74 Å². The first-order chi connectivity index (χ1) is 9.50. The van der Waals surface area contributed by atoms with Crippen molar-refractivity contribution in [3.05, 3.63) is 0 Å². The first-order valence-corrected chi connectivity index (χ1v) is 8.24. The number of thioether (sulfide) groups is 1. The van der Waals surface area contributed by atoms with E-state index in [0.29, 0.717) is 26.1 Å². The van der Waals surface area contributed by atoms with Crippen LogP contribution in [-0.2, 0) is 9.53 Å². The number of rotatable bonds is 7. The number of carboxylic acid groups (broad SMARTS) is 1. The van der Waals surface area contributed by atoms with Gasteiger partial charge >= 0.3 is 12.0 Å². The van der Waals surface area contributed by atoms with E-state index in [2.05, 4.69) is 10.6 Å². The number of hydrogen-bond donors (Lipinski definition) is 3. The van der Waals surface area contributed by atoms with E-state index in [-0.39, 0.29) is 18.6 Å². The Morgan fingerprint density at radius 3 is 2.60 bits per heavy atom. The molecule has 0 aromatic heterocycles. The molecule has 0 aromatic carbocycles. The Balaban J connectivity index is 2.39. The van der Waals surface area contributed by atoms with E-state index in [1.165, 1.54) is 0 Å². The van der Waals surface area contributed by atoms with Gasteiger partial charge < -0.3 is 20.5 Å². The maximum atomic E-state index is 11.8. The lowest BCUT2D eigenvalue weighted by molar-refractivity contribution is -0.154. The van der Waals surface area contributed by atoms with Gasteiger partial charge in [-0.2, -0.15) is 11.8 Å². The maximum Gasteiger partial charge on any atom is 0.315 e. The maximum absolute atomic E-state index is 11.8. The third-order valence-corrected chi connectivity index (χ3v) is 4.27. The Morgan fingerprint density at radius 2 is 2.05 bits per heavy atom. The van der Waals surface area contributed by atoms with E-state index in [1.807, 2.05) is 13.2 Å². The number of amides is 2. The highest BCUT2D eigenvalue weighted by Gasteiger charge is 2.40. The number of carbonyl (C=O) groups is 2. The molecular formula is C13H24N2O4S. The minimum atomic E-state index is -0.891. The van der Waals surface area contributed by atoms with Crippen LogP contribution in [0.2, 0.25) is 0 Å².